The Morgan fingerprint density at radius 3 is 2.42 bits per heavy atom. The standard InChI is InChI=1S/C14H19NO4/c1-14(2,9-12(16)17)13(18)15(3)10-7-5-6-8-11(10)19-4/h5-8H,9H2,1-4H3,(H,16,17). The number of hydrogen-bond acceptors (Lipinski definition) is 3. The Kier molecular flexibility index (Phi) is 4.53. The molecule has 0 unspecified atom stereocenters. The van der Waals surface area contributed by atoms with Gasteiger partial charge in [-0.2, -0.15) is 0 Å². The molecule has 0 heterocycles. The van der Waals surface area contributed by atoms with Crippen molar-refractivity contribution in [2.24, 2.45) is 5.41 Å². The SMILES string of the molecule is COc1ccccc1N(C)C(=O)C(C)(C)CC(=O)O. The van der Waals surface area contributed by atoms with Gasteiger partial charge < -0.3 is 14.7 Å². The molecule has 1 amide bonds. The Morgan fingerprint density at radius 1 is 1.32 bits per heavy atom. The van der Waals surface area contributed by atoms with E-state index in [1.54, 1.807) is 39.1 Å². The molecule has 0 saturated carbocycles. The summed E-state index contributed by atoms with van der Waals surface area (Å²) in [6.07, 6.45) is -0.217. The summed E-state index contributed by atoms with van der Waals surface area (Å²) in [6.45, 7) is 3.24. The molecule has 19 heavy (non-hydrogen) atoms. The fourth-order valence-electron chi connectivity index (χ4n) is 1.92. The van der Waals surface area contributed by atoms with Crippen molar-refractivity contribution >= 4 is 17.6 Å². The number of carboxylic acid groups (broad SMARTS) is 1. The average Bonchev–Trinajstić information content (AvgIpc) is 2.35. The second kappa shape index (κ2) is 5.73. The predicted octanol–water partition coefficient (Wildman–Crippen LogP) is 2.16. The molecule has 104 valence electrons. The molecule has 0 atom stereocenters. The van der Waals surface area contributed by atoms with Crippen molar-refractivity contribution in [3.8, 4) is 5.75 Å². The summed E-state index contributed by atoms with van der Waals surface area (Å²) in [6, 6.07) is 7.12. The minimum Gasteiger partial charge on any atom is -0.495 e. The number of carbonyl (C=O) groups is 2. The Hall–Kier alpha value is -2.04. The highest BCUT2D eigenvalue weighted by atomic mass is 16.5. The average molecular weight is 265 g/mol. The summed E-state index contributed by atoms with van der Waals surface area (Å²) >= 11 is 0. The molecular weight excluding hydrogens is 246 g/mol. The Labute approximate surface area is 112 Å². The summed E-state index contributed by atoms with van der Waals surface area (Å²) < 4.78 is 5.20. The van der Waals surface area contributed by atoms with Crippen LogP contribution >= 0.6 is 0 Å². The normalized spacial score (nSPS) is 10.9. The van der Waals surface area contributed by atoms with E-state index in [2.05, 4.69) is 0 Å². The lowest BCUT2D eigenvalue weighted by Gasteiger charge is -2.29. The van der Waals surface area contributed by atoms with Gasteiger partial charge in [0.05, 0.1) is 24.6 Å². The number of carbonyl (C=O) groups excluding carboxylic acids is 1. The Balaban J connectivity index is 3.02. The van der Waals surface area contributed by atoms with E-state index < -0.39 is 11.4 Å². The van der Waals surface area contributed by atoms with Crippen LogP contribution in [0.2, 0.25) is 0 Å². The highest BCUT2D eigenvalue weighted by molar-refractivity contribution is 5.99. The molecule has 0 bridgehead atoms. The van der Waals surface area contributed by atoms with Crippen LogP contribution in [0.25, 0.3) is 0 Å². The van der Waals surface area contributed by atoms with Crippen LogP contribution in [-0.4, -0.2) is 31.1 Å². The fourth-order valence-corrected chi connectivity index (χ4v) is 1.92. The first kappa shape index (κ1) is 15.0. The lowest BCUT2D eigenvalue weighted by molar-refractivity contribution is -0.143. The molecule has 0 spiro atoms. The molecule has 0 fully saturated rings. The Morgan fingerprint density at radius 2 is 1.89 bits per heavy atom. The van der Waals surface area contributed by atoms with Gasteiger partial charge in [0.2, 0.25) is 5.91 Å². The Bertz CT molecular complexity index is 482. The van der Waals surface area contributed by atoms with Gasteiger partial charge in [-0.05, 0) is 12.1 Å². The molecule has 0 aromatic heterocycles. The number of amides is 1. The van der Waals surface area contributed by atoms with Crippen molar-refractivity contribution in [3.05, 3.63) is 24.3 Å². The summed E-state index contributed by atoms with van der Waals surface area (Å²) in [5, 5.41) is 8.86. The third-order valence-electron chi connectivity index (χ3n) is 2.92. The number of hydrogen-bond donors (Lipinski definition) is 1. The zero-order chi connectivity index (χ0) is 14.6. The quantitative estimate of drug-likeness (QED) is 0.886. The molecule has 1 N–H and O–H groups in total. The van der Waals surface area contributed by atoms with Gasteiger partial charge >= 0.3 is 5.97 Å². The predicted molar refractivity (Wildman–Crippen MR) is 72.4 cm³/mol. The van der Waals surface area contributed by atoms with E-state index in [4.69, 9.17) is 9.84 Å². The van der Waals surface area contributed by atoms with E-state index in [0.29, 0.717) is 11.4 Å². The highest BCUT2D eigenvalue weighted by Crippen LogP contribution is 2.31. The second-order valence-electron chi connectivity index (χ2n) is 4.99. The zero-order valence-electron chi connectivity index (χ0n) is 11.6. The van der Waals surface area contributed by atoms with Gasteiger partial charge in [-0.15, -0.1) is 0 Å². The third-order valence-corrected chi connectivity index (χ3v) is 2.92. The van der Waals surface area contributed by atoms with E-state index in [-0.39, 0.29) is 12.3 Å². The summed E-state index contributed by atoms with van der Waals surface area (Å²) in [7, 11) is 3.14. The first-order valence-corrected chi connectivity index (χ1v) is 5.92. The number of benzene rings is 1. The molecule has 1 aromatic rings. The van der Waals surface area contributed by atoms with Crippen LogP contribution in [0.5, 0.6) is 5.75 Å². The molecule has 0 saturated heterocycles. The maximum Gasteiger partial charge on any atom is 0.304 e. The number of ether oxygens (including phenoxy) is 1. The number of para-hydroxylation sites is 2. The number of methoxy groups -OCH3 is 1. The molecule has 1 rings (SSSR count). The summed E-state index contributed by atoms with van der Waals surface area (Å²) in [5.74, 6) is -0.685. The third kappa shape index (κ3) is 3.47. The largest absolute Gasteiger partial charge is 0.495 e. The van der Waals surface area contributed by atoms with Crippen molar-refractivity contribution in [3.63, 3.8) is 0 Å². The van der Waals surface area contributed by atoms with Crippen molar-refractivity contribution < 1.29 is 19.4 Å². The molecule has 0 aliphatic heterocycles. The van der Waals surface area contributed by atoms with Crippen molar-refractivity contribution in [2.45, 2.75) is 20.3 Å². The highest BCUT2D eigenvalue weighted by Gasteiger charge is 2.34. The van der Waals surface area contributed by atoms with Gasteiger partial charge in [0, 0.05) is 7.05 Å². The van der Waals surface area contributed by atoms with Crippen molar-refractivity contribution in [1.82, 2.24) is 0 Å². The number of carboxylic acids is 1. The zero-order valence-corrected chi connectivity index (χ0v) is 11.6. The van der Waals surface area contributed by atoms with Crippen LogP contribution in [0.3, 0.4) is 0 Å². The fraction of sp³-hybridized carbons (Fsp3) is 0.429. The lowest BCUT2D eigenvalue weighted by atomic mass is 9.87. The van der Waals surface area contributed by atoms with E-state index in [0.717, 1.165) is 0 Å². The molecule has 5 heteroatoms. The number of rotatable bonds is 5. The molecular formula is C14H19NO4. The minimum absolute atomic E-state index is 0.217. The van der Waals surface area contributed by atoms with Crippen LogP contribution in [0.1, 0.15) is 20.3 Å². The van der Waals surface area contributed by atoms with Crippen molar-refractivity contribution in [2.75, 3.05) is 19.1 Å². The minimum atomic E-state index is -0.994. The lowest BCUT2D eigenvalue weighted by Crippen LogP contribution is -2.40. The van der Waals surface area contributed by atoms with E-state index >= 15 is 0 Å². The van der Waals surface area contributed by atoms with E-state index in [1.165, 1.54) is 12.0 Å². The number of nitrogens with zero attached hydrogens (tertiary/aromatic N) is 1. The second-order valence-corrected chi connectivity index (χ2v) is 4.99. The molecule has 0 aliphatic rings. The van der Waals surface area contributed by atoms with Crippen LogP contribution < -0.4 is 9.64 Å². The molecule has 0 aliphatic carbocycles. The van der Waals surface area contributed by atoms with E-state index in [1.807, 2.05) is 6.07 Å². The van der Waals surface area contributed by atoms with Gasteiger partial charge in [-0.3, -0.25) is 9.59 Å². The first-order chi connectivity index (χ1) is 8.79. The summed E-state index contributed by atoms with van der Waals surface area (Å²) in [5.41, 5.74) is -0.352. The topological polar surface area (TPSA) is 66.8 Å². The van der Waals surface area contributed by atoms with Crippen LogP contribution in [0.15, 0.2) is 24.3 Å². The number of anilines is 1. The monoisotopic (exact) mass is 265 g/mol. The van der Waals surface area contributed by atoms with Gasteiger partial charge in [0.15, 0.2) is 0 Å². The van der Waals surface area contributed by atoms with Crippen molar-refractivity contribution in [1.29, 1.82) is 0 Å². The summed E-state index contributed by atoms with van der Waals surface area (Å²) in [4.78, 5) is 24.6. The van der Waals surface area contributed by atoms with Gasteiger partial charge in [0.25, 0.3) is 0 Å². The van der Waals surface area contributed by atoms with Crippen LogP contribution in [0.4, 0.5) is 5.69 Å². The maximum absolute atomic E-state index is 12.4. The van der Waals surface area contributed by atoms with Gasteiger partial charge in [-0.1, -0.05) is 26.0 Å². The van der Waals surface area contributed by atoms with Gasteiger partial charge in [0.1, 0.15) is 5.75 Å². The van der Waals surface area contributed by atoms with Gasteiger partial charge in [-0.25, -0.2) is 0 Å². The molecule has 0 radical (unpaired) electrons. The molecule has 1 aromatic carbocycles. The maximum atomic E-state index is 12.4. The number of aliphatic carboxylic acids is 1. The first-order valence-electron chi connectivity index (χ1n) is 5.92. The van der Waals surface area contributed by atoms with E-state index in [9.17, 15) is 9.59 Å². The smallest absolute Gasteiger partial charge is 0.304 e. The molecule has 5 nitrogen and oxygen atoms in total. The van der Waals surface area contributed by atoms with Crippen LogP contribution in [-0.2, 0) is 9.59 Å². The van der Waals surface area contributed by atoms with Crippen LogP contribution in [0, 0.1) is 5.41 Å².